The average molecular weight is 148 g/mol. The number of alkyl halides is 1. The van der Waals surface area contributed by atoms with Crippen molar-refractivity contribution in [2.45, 2.75) is 25.2 Å². The molecular weight excluding hydrogens is 139 g/mol. The molecule has 1 aliphatic rings. The second-order valence-corrected chi connectivity index (χ2v) is 2.75. The lowest BCUT2D eigenvalue weighted by Gasteiger charge is -2.42. The first-order chi connectivity index (χ1) is 4.10. The van der Waals surface area contributed by atoms with Gasteiger partial charge in [0.2, 0.25) is 5.79 Å². The van der Waals surface area contributed by atoms with Crippen LogP contribution in [0.4, 0.5) is 4.39 Å². The molecule has 1 saturated carbocycles. The van der Waals surface area contributed by atoms with E-state index in [1.54, 1.807) is 6.92 Å². The summed E-state index contributed by atoms with van der Waals surface area (Å²) in [6.07, 6.45) is 0.289. The topological polar surface area (TPSA) is 38.4 Å². The zero-order valence-electron chi connectivity index (χ0n) is 5.17. The van der Waals surface area contributed by atoms with Crippen LogP contribution in [0.1, 0.15) is 13.3 Å². The van der Waals surface area contributed by atoms with Crippen LogP contribution in [0.15, 0.2) is 4.36 Å². The SMILES string of the molecule is C[C@H]1[C@@H](N)C[C@]1(F)N=S. The van der Waals surface area contributed by atoms with Crippen LogP contribution in [0.25, 0.3) is 0 Å². The molecule has 0 radical (unpaired) electrons. The third-order valence-electron chi connectivity index (χ3n) is 2.01. The minimum Gasteiger partial charge on any atom is -0.327 e. The van der Waals surface area contributed by atoms with Gasteiger partial charge in [0.05, 0.1) is 0 Å². The van der Waals surface area contributed by atoms with Crippen LogP contribution in [0.5, 0.6) is 0 Å². The molecule has 0 saturated heterocycles. The molecule has 0 amide bonds. The van der Waals surface area contributed by atoms with E-state index in [2.05, 4.69) is 16.8 Å². The molecule has 4 heteroatoms. The van der Waals surface area contributed by atoms with Gasteiger partial charge in [-0.2, -0.15) is 4.36 Å². The van der Waals surface area contributed by atoms with Gasteiger partial charge in [-0.3, -0.25) is 0 Å². The second-order valence-electron chi connectivity index (χ2n) is 2.57. The number of nitrogens with zero attached hydrogens (tertiary/aromatic N) is 1. The van der Waals surface area contributed by atoms with Crippen molar-refractivity contribution in [1.29, 1.82) is 0 Å². The Balaban J connectivity index is 2.58. The predicted molar refractivity (Wildman–Crippen MR) is 35.4 cm³/mol. The van der Waals surface area contributed by atoms with E-state index >= 15 is 0 Å². The maximum Gasteiger partial charge on any atom is 0.217 e. The van der Waals surface area contributed by atoms with E-state index in [1.807, 2.05) is 0 Å². The zero-order chi connectivity index (χ0) is 7.07. The lowest BCUT2D eigenvalue weighted by molar-refractivity contribution is -0.0136. The summed E-state index contributed by atoms with van der Waals surface area (Å²) in [5.41, 5.74) is 5.43. The highest BCUT2D eigenvalue weighted by atomic mass is 32.1. The molecule has 9 heavy (non-hydrogen) atoms. The lowest BCUT2D eigenvalue weighted by atomic mass is 9.74. The number of hydrogen-bond donors (Lipinski definition) is 1. The van der Waals surface area contributed by atoms with Crippen LogP contribution in [0.2, 0.25) is 0 Å². The number of rotatable bonds is 1. The van der Waals surface area contributed by atoms with E-state index in [1.165, 1.54) is 0 Å². The molecule has 1 rings (SSSR count). The molecule has 0 aromatic heterocycles. The van der Waals surface area contributed by atoms with Crippen LogP contribution in [0, 0.1) is 5.92 Å². The Kier molecular flexibility index (Phi) is 1.52. The zero-order valence-corrected chi connectivity index (χ0v) is 5.99. The number of hydrogen-bond acceptors (Lipinski definition) is 3. The van der Waals surface area contributed by atoms with Gasteiger partial charge in [0.1, 0.15) is 0 Å². The minimum absolute atomic E-state index is 0.0540. The highest BCUT2D eigenvalue weighted by Gasteiger charge is 2.50. The van der Waals surface area contributed by atoms with Crippen molar-refractivity contribution < 1.29 is 4.39 Å². The average Bonchev–Trinajstić information content (AvgIpc) is 1.87. The third-order valence-corrected chi connectivity index (χ3v) is 2.32. The molecule has 52 valence electrons. The number of nitrogens with two attached hydrogens (primary N) is 1. The molecule has 1 aliphatic carbocycles. The van der Waals surface area contributed by atoms with Gasteiger partial charge in [-0.15, -0.1) is 0 Å². The number of halogens is 1. The van der Waals surface area contributed by atoms with E-state index in [9.17, 15) is 4.39 Å². The lowest BCUT2D eigenvalue weighted by Crippen LogP contribution is -2.55. The minimum atomic E-state index is -1.49. The van der Waals surface area contributed by atoms with Crippen molar-refractivity contribution in [1.82, 2.24) is 0 Å². The van der Waals surface area contributed by atoms with Crippen molar-refractivity contribution in [3.05, 3.63) is 0 Å². The first kappa shape index (κ1) is 7.02. The Morgan fingerprint density at radius 1 is 1.89 bits per heavy atom. The molecule has 0 heterocycles. The van der Waals surface area contributed by atoms with Gasteiger partial charge in [0.25, 0.3) is 0 Å². The Morgan fingerprint density at radius 3 is 2.56 bits per heavy atom. The largest absolute Gasteiger partial charge is 0.327 e. The van der Waals surface area contributed by atoms with Gasteiger partial charge in [-0.25, -0.2) is 4.39 Å². The highest BCUT2D eigenvalue weighted by Crippen LogP contribution is 2.41. The summed E-state index contributed by atoms with van der Waals surface area (Å²) in [4.78, 5) is 0. The molecule has 0 bridgehead atoms. The van der Waals surface area contributed by atoms with Crippen LogP contribution < -0.4 is 5.73 Å². The van der Waals surface area contributed by atoms with Crippen molar-refractivity contribution in [3.63, 3.8) is 0 Å². The van der Waals surface area contributed by atoms with E-state index in [0.717, 1.165) is 0 Å². The van der Waals surface area contributed by atoms with Gasteiger partial charge in [0, 0.05) is 30.8 Å². The van der Waals surface area contributed by atoms with E-state index in [0.29, 0.717) is 0 Å². The summed E-state index contributed by atoms with van der Waals surface area (Å²) in [5.74, 6) is -1.69. The standard InChI is InChI=1S/C5H9FN2S/c1-3-4(7)2-5(3,6)8-9/h3-4H,2,7H2,1H3/t3-,4-,5-/m0/s1. The van der Waals surface area contributed by atoms with Gasteiger partial charge in [-0.05, 0) is 0 Å². The summed E-state index contributed by atoms with van der Waals surface area (Å²) in [5, 5.41) is 0. The monoisotopic (exact) mass is 148 g/mol. The molecule has 0 aliphatic heterocycles. The van der Waals surface area contributed by atoms with Crippen LogP contribution in [-0.4, -0.2) is 11.8 Å². The summed E-state index contributed by atoms with van der Waals surface area (Å²) in [6, 6.07) is -0.0540. The molecular formula is C5H9FN2S. The van der Waals surface area contributed by atoms with Crippen molar-refractivity contribution in [3.8, 4) is 0 Å². The Hall–Kier alpha value is -0.0900. The Labute approximate surface area is 58.8 Å². The van der Waals surface area contributed by atoms with Crippen molar-refractivity contribution in [2.24, 2.45) is 16.0 Å². The van der Waals surface area contributed by atoms with Crippen molar-refractivity contribution in [2.75, 3.05) is 0 Å². The molecule has 0 aromatic rings. The fourth-order valence-electron chi connectivity index (χ4n) is 0.981. The maximum absolute atomic E-state index is 12.9. The predicted octanol–water partition coefficient (Wildman–Crippen LogP) is 0.750. The molecule has 3 atom stereocenters. The molecule has 1 fully saturated rings. The molecule has 2 N–H and O–H groups in total. The first-order valence-corrected chi connectivity index (χ1v) is 3.25. The van der Waals surface area contributed by atoms with Gasteiger partial charge < -0.3 is 5.73 Å². The van der Waals surface area contributed by atoms with Crippen LogP contribution in [0.3, 0.4) is 0 Å². The summed E-state index contributed by atoms with van der Waals surface area (Å²) >= 11 is 4.26. The normalized spacial score (nSPS) is 50.1. The molecule has 2 nitrogen and oxygen atoms in total. The molecule has 0 unspecified atom stereocenters. The first-order valence-electron chi connectivity index (χ1n) is 2.89. The fraction of sp³-hybridized carbons (Fsp3) is 1.00. The maximum atomic E-state index is 12.9. The van der Waals surface area contributed by atoms with E-state index in [-0.39, 0.29) is 18.4 Å². The summed E-state index contributed by atoms with van der Waals surface area (Å²) < 4.78 is 16.1. The molecule has 0 aromatic carbocycles. The third kappa shape index (κ3) is 0.861. The van der Waals surface area contributed by atoms with E-state index < -0.39 is 5.79 Å². The van der Waals surface area contributed by atoms with Gasteiger partial charge in [0.15, 0.2) is 0 Å². The molecule has 0 spiro atoms. The van der Waals surface area contributed by atoms with Gasteiger partial charge >= 0.3 is 0 Å². The smallest absolute Gasteiger partial charge is 0.217 e. The highest BCUT2D eigenvalue weighted by molar-refractivity contribution is 7.47. The second kappa shape index (κ2) is 1.95. The van der Waals surface area contributed by atoms with Crippen LogP contribution in [-0.2, 0) is 12.4 Å². The van der Waals surface area contributed by atoms with E-state index in [4.69, 9.17) is 5.73 Å². The fourth-order valence-corrected chi connectivity index (χ4v) is 1.22. The summed E-state index contributed by atoms with van der Waals surface area (Å²) in [6.45, 7) is 1.73. The Morgan fingerprint density at radius 2 is 2.44 bits per heavy atom. The Bertz CT molecular complexity index is 141. The van der Waals surface area contributed by atoms with Crippen molar-refractivity contribution >= 4 is 12.4 Å². The quantitative estimate of drug-likeness (QED) is 0.557. The van der Waals surface area contributed by atoms with Crippen LogP contribution >= 0.6 is 0 Å². The van der Waals surface area contributed by atoms with Gasteiger partial charge in [-0.1, -0.05) is 6.92 Å². The summed E-state index contributed by atoms with van der Waals surface area (Å²) in [7, 11) is 0.